The SMILES string of the molecule is CCOC(=O)c1cnn(-c2ccc(C[C@@H](C#N)NC(=O)[C@@H]3[C@H]4CC[C@H](C4)N3C(=O)OC(C)(C)C)c(F)c2)c1. The number of ether oxygens (including phenoxy) is 2. The molecule has 38 heavy (non-hydrogen) atoms. The van der Waals surface area contributed by atoms with Crippen LogP contribution in [0.5, 0.6) is 0 Å². The molecule has 1 aliphatic heterocycles. The smallest absolute Gasteiger partial charge is 0.411 e. The number of rotatable bonds is 7. The number of piperidine rings is 1. The maximum absolute atomic E-state index is 15.0. The van der Waals surface area contributed by atoms with Crippen molar-refractivity contribution >= 4 is 18.0 Å². The van der Waals surface area contributed by atoms with E-state index in [0.717, 1.165) is 19.3 Å². The van der Waals surface area contributed by atoms with Gasteiger partial charge in [-0.05, 0) is 70.6 Å². The van der Waals surface area contributed by atoms with Crippen LogP contribution in [0.3, 0.4) is 0 Å². The maximum Gasteiger partial charge on any atom is 0.411 e. The number of nitriles is 1. The number of amides is 2. The van der Waals surface area contributed by atoms with E-state index in [2.05, 4.69) is 10.4 Å². The molecule has 10 nitrogen and oxygen atoms in total. The van der Waals surface area contributed by atoms with E-state index in [-0.39, 0.29) is 36.1 Å². The van der Waals surface area contributed by atoms with Gasteiger partial charge in [-0.25, -0.2) is 18.7 Å². The minimum absolute atomic E-state index is 0.00329. The van der Waals surface area contributed by atoms with Gasteiger partial charge in [-0.3, -0.25) is 9.69 Å². The lowest BCUT2D eigenvalue weighted by Gasteiger charge is -2.35. The number of hydrogen-bond donors (Lipinski definition) is 1. The molecule has 0 spiro atoms. The second-order valence-electron chi connectivity index (χ2n) is 10.6. The number of halogens is 1. The normalized spacial score (nSPS) is 21.1. The molecule has 2 heterocycles. The van der Waals surface area contributed by atoms with Gasteiger partial charge in [-0.2, -0.15) is 10.4 Å². The van der Waals surface area contributed by atoms with Gasteiger partial charge in [-0.15, -0.1) is 0 Å². The Hall–Kier alpha value is -3.94. The molecule has 1 N–H and O–H groups in total. The second-order valence-corrected chi connectivity index (χ2v) is 10.6. The first kappa shape index (κ1) is 27.1. The van der Waals surface area contributed by atoms with Crippen molar-refractivity contribution in [2.75, 3.05) is 6.61 Å². The van der Waals surface area contributed by atoms with Crippen LogP contribution in [0.25, 0.3) is 5.69 Å². The van der Waals surface area contributed by atoms with Crippen molar-refractivity contribution in [3.8, 4) is 11.8 Å². The van der Waals surface area contributed by atoms with E-state index in [1.807, 2.05) is 6.07 Å². The number of nitrogens with zero attached hydrogens (tertiary/aromatic N) is 4. The average Bonchev–Trinajstić information content (AvgIpc) is 3.60. The lowest BCUT2D eigenvalue weighted by molar-refractivity contribution is -0.128. The molecule has 1 saturated heterocycles. The monoisotopic (exact) mass is 525 g/mol. The van der Waals surface area contributed by atoms with Crippen molar-refractivity contribution in [2.45, 2.75) is 77.1 Å². The highest BCUT2D eigenvalue weighted by Crippen LogP contribution is 2.43. The zero-order valence-corrected chi connectivity index (χ0v) is 21.9. The topological polar surface area (TPSA) is 127 Å². The van der Waals surface area contributed by atoms with Crippen molar-refractivity contribution in [3.63, 3.8) is 0 Å². The molecule has 1 aromatic heterocycles. The van der Waals surface area contributed by atoms with E-state index in [1.54, 1.807) is 33.8 Å². The minimum atomic E-state index is -0.998. The molecule has 1 saturated carbocycles. The molecule has 2 aliphatic rings. The molecule has 0 radical (unpaired) electrons. The van der Waals surface area contributed by atoms with Crippen LogP contribution in [-0.2, 0) is 20.7 Å². The number of aromatic nitrogens is 2. The van der Waals surface area contributed by atoms with Crippen LogP contribution in [0.15, 0.2) is 30.6 Å². The summed E-state index contributed by atoms with van der Waals surface area (Å²) in [6.45, 7) is 7.23. The van der Waals surface area contributed by atoms with E-state index in [1.165, 1.54) is 34.1 Å². The molecule has 1 aromatic carbocycles. The van der Waals surface area contributed by atoms with Crippen LogP contribution in [0.4, 0.5) is 9.18 Å². The summed E-state index contributed by atoms with van der Waals surface area (Å²) in [4.78, 5) is 39.5. The lowest BCUT2D eigenvalue weighted by atomic mass is 9.97. The highest BCUT2D eigenvalue weighted by molar-refractivity contribution is 5.89. The molecule has 4 atom stereocenters. The molecule has 4 rings (SSSR count). The van der Waals surface area contributed by atoms with E-state index in [9.17, 15) is 24.0 Å². The molecule has 2 bridgehead atoms. The quantitative estimate of drug-likeness (QED) is 0.548. The lowest BCUT2D eigenvalue weighted by Crippen LogP contribution is -2.55. The molecule has 0 unspecified atom stereocenters. The van der Waals surface area contributed by atoms with E-state index in [0.29, 0.717) is 5.69 Å². The largest absolute Gasteiger partial charge is 0.462 e. The van der Waals surface area contributed by atoms with Gasteiger partial charge in [0.15, 0.2) is 0 Å². The van der Waals surface area contributed by atoms with Crippen LogP contribution in [0, 0.1) is 23.1 Å². The van der Waals surface area contributed by atoms with Gasteiger partial charge in [0, 0.05) is 18.7 Å². The Balaban J connectivity index is 1.44. The number of fused-ring (bicyclic) bond motifs is 2. The average molecular weight is 526 g/mol. The number of nitrogens with one attached hydrogen (secondary N) is 1. The molecule has 2 aromatic rings. The summed E-state index contributed by atoms with van der Waals surface area (Å²) < 4.78 is 26.8. The zero-order chi connectivity index (χ0) is 27.6. The van der Waals surface area contributed by atoms with E-state index >= 15 is 0 Å². The van der Waals surface area contributed by atoms with Gasteiger partial charge in [-0.1, -0.05) is 6.07 Å². The minimum Gasteiger partial charge on any atom is -0.462 e. The van der Waals surface area contributed by atoms with Crippen molar-refractivity contribution in [1.82, 2.24) is 20.0 Å². The number of carbonyl (C=O) groups excluding carboxylic acids is 3. The summed E-state index contributed by atoms with van der Waals surface area (Å²) in [5, 5.41) is 16.5. The first-order chi connectivity index (χ1) is 18.0. The van der Waals surface area contributed by atoms with E-state index < -0.39 is 41.5 Å². The van der Waals surface area contributed by atoms with E-state index in [4.69, 9.17) is 9.47 Å². The van der Waals surface area contributed by atoms with Gasteiger partial charge in [0.05, 0.1) is 30.1 Å². The Kier molecular flexibility index (Phi) is 7.71. The third-order valence-electron chi connectivity index (χ3n) is 6.75. The molecule has 2 amide bonds. The highest BCUT2D eigenvalue weighted by atomic mass is 19.1. The van der Waals surface area contributed by atoms with Crippen LogP contribution in [-0.4, -0.2) is 63.0 Å². The number of carbonyl (C=O) groups is 3. The van der Waals surface area contributed by atoms with Crippen molar-refractivity contribution in [1.29, 1.82) is 5.26 Å². The molecule has 2 fully saturated rings. The van der Waals surface area contributed by atoms with Crippen LogP contribution in [0.2, 0.25) is 0 Å². The summed E-state index contributed by atoms with van der Waals surface area (Å²) >= 11 is 0. The predicted octanol–water partition coefficient (Wildman–Crippen LogP) is 3.53. The third kappa shape index (κ3) is 5.79. The predicted molar refractivity (Wildman–Crippen MR) is 134 cm³/mol. The number of benzene rings is 1. The van der Waals surface area contributed by atoms with Crippen molar-refractivity contribution < 1.29 is 28.2 Å². The summed E-state index contributed by atoms with van der Waals surface area (Å²) in [5.74, 6) is -1.55. The highest BCUT2D eigenvalue weighted by Gasteiger charge is 2.52. The Morgan fingerprint density at radius 3 is 2.71 bits per heavy atom. The molecule has 202 valence electrons. The van der Waals surface area contributed by atoms with Gasteiger partial charge in [0.2, 0.25) is 5.91 Å². The van der Waals surface area contributed by atoms with Gasteiger partial charge >= 0.3 is 12.1 Å². The second kappa shape index (κ2) is 10.8. The number of hydrogen-bond acceptors (Lipinski definition) is 7. The molecule has 1 aliphatic carbocycles. The Labute approximate surface area is 220 Å². The van der Waals surface area contributed by atoms with Crippen molar-refractivity contribution in [3.05, 3.63) is 47.5 Å². The number of likely N-dealkylation sites (tertiary alicyclic amines) is 1. The summed E-state index contributed by atoms with van der Waals surface area (Å²) in [5.41, 5.74) is 0.157. The molecular weight excluding hydrogens is 493 g/mol. The summed E-state index contributed by atoms with van der Waals surface area (Å²) in [6, 6.07) is 4.61. The molecule has 11 heteroatoms. The van der Waals surface area contributed by atoms with Gasteiger partial charge < -0.3 is 14.8 Å². The fourth-order valence-corrected chi connectivity index (χ4v) is 5.14. The first-order valence-electron chi connectivity index (χ1n) is 12.7. The summed E-state index contributed by atoms with van der Waals surface area (Å²) in [6.07, 6.45) is 4.53. The first-order valence-corrected chi connectivity index (χ1v) is 12.7. The number of esters is 1. The Morgan fingerprint density at radius 2 is 2.05 bits per heavy atom. The Bertz CT molecular complexity index is 1260. The third-order valence-corrected chi connectivity index (χ3v) is 6.75. The Morgan fingerprint density at radius 1 is 1.29 bits per heavy atom. The van der Waals surface area contributed by atoms with Gasteiger partial charge in [0.25, 0.3) is 0 Å². The zero-order valence-electron chi connectivity index (χ0n) is 21.9. The van der Waals surface area contributed by atoms with Crippen molar-refractivity contribution in [2.24, 2.45) is 5.92 Å². The maximum atomic E-state index is 15.0. The van der Waals surface area contributed by atoms with Gasteiger partial charge in [0.1, 0.15) is 23.5 Å². The fraction of sp³-hybridized carbons (Fsp3) is 0.519. The van der Waals surface area contributed by atoms with Crippen LogP contribution < -0.4 is 5.32 Å². The van der Waals surface area contributed by atoms with Crippen LogP contribution >= 0.6 is 0 Å². The standard InChI is InChI=1S/C27H32FN5O5/c1-5-37-25(35)18-14-30-32(15-18)20-8-6-16(22(28)12-20)10-19(13-29)31-24(34)23-17-7-9-21(11-17)33(23)26(36)38-27(2,3)4/h6,8,12,14-15,17,19,21,23H,5,7,9-11H2,1-4H3,(H,31,34)/t17-,19-,21+,23-/m0/s1. The fourth-order valence-electron chi connectivity index (χ4n) is 5.14. The van der Waals surface area contributed by atoms with Crippen LogP contribution in [0.1, 0.15) is 62.9 Å². The summed E-state index contributed by atoms with van der Waals surface area (Å²) in [7, 11) is 0. The molecular formula is C27H32FN5O5.